The smallest absolute Gasteiger partial charge is 0.269 e. The van der Waals surface area contributed by atoms with Crippen LogP contribution in [0.3, 0.4) is 0 Å². The van der Waals surface area contributed by atoms with Crippen molar-refractivity contribution < 1.29 is 0 Å². The minimum atomic E-state index is -0.115. The predicted octanol–water partition coefficient (Wildman–Crippen LogP) is 2.84. The van der Waals surface area contributed by atoms with Gasteiger partial charge in [0.1, 0.15) is 20.9 Å². The fourth-order valence-corrected chi connectivity index (χ4v) is 3.34. The second-order valence-electron chi connectivity index (χ2n) is 4.59. The van der Waals surface area contributed by atoms with Crippen LogP contribution in [0.1, 0.15) is 5.69 Å². The number of hydrogen-bond acceptors (Lipinski definition) is 4. The molecule has 4 rings (SSSR count). The Balaban J connectivity index is 2.12. The monoisotopic (exact) mass is 282 g/mol. The molecule has 0 aliphatic rings. The summed E-state index contributed by atoms with van der Waals surface area (Å²) >= 11 is 1.36. The SMILES string of the molecule is Cc1[nH]nc2sc3c(=O)[nH]c(-c4ccccc4)nc3c12. The molecule has 0 aliphatic heterocycles. The van der Waals surface area contributed by atoms with Gasteiger partial charge in [-0.25, -0.2) is 4.98 Å². The summed E-state index contributed by atoms with van der Waals surface area (Å²) in [6, 6.07) is 9.63. The van der Waals surface area contributed by atoms with E-state index in [1.807, 2.05) is 37.3 Å². The van der Waals surface area contributed by atoms with Gasteiger partial charge in [-0.05, 0) is 6.92 Å². The highest BCUT2D eigenvalue weighted by molar-refractivity contribution is 7.25. The van der Waals surface area contributed by atoms with Crippen molar-refractivity contribution in [2.24, 2.45) is 0 Å². The number of nitrogens with one attached hydrogen (secondary N) is 2. The lowest BCUT2D eigenvalue weighted by molar-refractivity contribution is 1.07. The molecular weight excluding hydrogens is 272 g/mol. The lowest BCUT2D eigenvalue weighted by Gasteiger charge is -2.00. The quantitative estimate of drug-likeness (QED) is 0.563. The van der Waals surface area contributed by atoms with E-state index >= 15 is 0 Å². The molecule has 0 aliphatic carbocycles. The molecule has 98 valence electrons. The summed E-state index contributed by atoms with van der Waals surface area (Å²) in [5.74, 6) is 0.586. The number of nitrogens with zero attached hydrogens (tertiary/aromatic N) is 2. The molecule has 2 N–H and O–H groups in total. The first kappa shape index (κ1) is 11.4. The third-order valence-electron chi connectivity index (χ3n) is 3.27. The zero-order chi connectivity index (χ0) is 13.7. The highest BCUT2D eigenvalue weighted by Gasteiger charge is 2.15. The van der Waals surface area contributed by atoms with E-state index in [4.69, 9.17) is 0 Å². The average molecular weight is 282 g/mol. The Labute approximate surface area is 117 Å². The van der Waals surface area contributed by atoms with Crippen LogP contribution >= 0.6 is 11.3 Å². The Morgan fingerprint density at radius 2 is 2.00 bits per heavy atom. The number of aromatic amines is 2. The van der Waals surface area contributed by atoms with Gasteiger partial charge in [-0.3, -0.25) is 9.89 Å². The van der Waals surface area contributed by atoms with Crippen LogP contribution in [-0.2, 0) is 0 Å². The second-order valence-corrected chi connectivity index (χ2v) is 5.59. The Morgan fingerprint density at radius 1 is 1.20 bits per heavy atom. The van der Waals surface area contributed by atoms with Crippen molar-refractivity contribution in [3.05, 3.63) is 46.4 Å². The molecule has 0 radical (unpaired) electrons. The van der Waals surface area contributed by atoms with Crippen molar-refractivity contribution in [1.29, 1.82) is 0 Å². The molecule has 0 saturated heterocycles. The minimum Gasteiger partial charge on any atom is -0.305 e. The molecular formula is C14H10N4OS. The average Bonchev–Trinajstić information content (AvgIpc) is 3.01. The molecule has 0 bridgehead atoms. The van der Waals surface area contributed by atoms with Gasteiger partial charge >= 0.3 is 0 Å². The van der Waals surface area contributed by atoms with Crippen LogP contribution in [0.15, 0.2) is 35.1 Å². The zero-order valence-electron chi connectivity index (χ0n) is 10.6. The van der Waals surface area contributed by atoms with Gasteiger partial charge in [0, 0.05) is 11.3 Å². The van der Waals surface area contributed by atoms with Gasteiger partial charge in [-0.1, -0.05) is 30.3 Å². The number of fused-ring (bicyclic) bond motifs is 3. The van der Waals surface area contributed by atoms with E-state index in [2.05, 4.69) is 20.2 Å². The van der Waals surface area contributed by atoms with E-state index in [0.717, 1.165) is 27.0 Å². The molecule has 0 saturated carbocycles. The van der Waals surface area contributed by atoms with E-state index in [-0.39, 0.29) is 5.56 Å². The van der Waals surface area contributed by atoms with Gasteiger partial charge in [0.2, 0.25) is 0 Å². The van der Waals surface area contributed by atoms with Gasteiger partial charge in [-0.15, -0.1) is 11.3 Å². The van der Waals surface area contributed by atoms with Gasteiger partial charge in [0.05, 0.1) is 5.39 Å². The normalized spacial score (nSPS) is 11.4. The first-order valence-electron chi connectivity index (χ1n) is 6.17. The first-order chi connectivity index (χ1) is 9.74. The Morgan fingerprint density at radius 3 is 2.80 bits per heavy atom. The number of rotatable bonds is 1. The van der Waals surface area contributed by atoms with Crippen molar-refractivity contribution in [2.75, 3.05) is 0 Å². The zero-order valence-corrected chi connectivity index (χ0v) is 11.4. The van der Waals surface area contributed by atoms with Gasteiger partial charge in [0.15, 0.2) is 0 Å². The van der Waals surface area contributed by atoms with Crippen LogP contribution < -0.4 is 5.56 Å². The molecule has 1 aromatic carbocycles. The summed E-state index contributed by atoms with van der Waals surface area (Å²) in [4.78, 5) is 20.5. The highest BCUT2D eigenvalue weighted by Crippen LogP contribution is 2.31. The van der Waals surface area contributed by atoms with E-state index in [9.17, 15) is 4.79 Å². The molecule has 6 heteroatoms. The summed E-state index contributed by atoms with van der Waals surface area (Å²) < 4.78 is 0.624. The summed E-state index contributed by atoms with van der Waals surface area (Å²) in [7, 11) is 0. The van der Waals surface area contributed by atoms with Crippen molar-refractivity contribution in [3.63, 3.8) is 0 Å². The number of thiophene rings is 1. The van der Waals surface area contributed by atoms with Crippen LogP contribution in [0.5, 0.6) is 0 Å². The predicted molar refractivity (Wildman–Crippen MR) is 80.1 cm³/mol. The Hall–Kier alpha value is -2.47. The summed E-state index contributed by atoms with van der Waals surface area (Å²) in [5, 5.41) is 8.07. The van der Waals surface area contributed by atoms with Gasteiger partial charge in [-0.2, -0.15) is 5.10 Å². The van der Waals surface area contributed by atoms with Crippen LogP contribution in [0.2, 0.25) is 0 Å². The maximum Gasteiger partial charge on any atom is 0.269 e. The van der Waals surface area contributed by atoms with Crippen molar-refractivity contribution in [1.82, 2.24) is 20.2 Å². The van der Waals surface area contributed by atoms with E-state index in [1.165, 1.54) is 11.3 Å². The largest absolute Gasteiger partial charge is 0.305 e. The standard InChI is InChI=1S/C14H10N4OS/c1-7-9-10-11(20-14(9)18-17-7)13(19)16-12(15-10)8-5-3-2-4-6-8/h2-6H,1H3,(H,17,18)(H,15,16,19). The number of aryl methyl sites for hydroxylation is 1. The second kappa shape index (κ2) is 4.01. The van der Waals surface area contributed by atoms with Crippen LogP contribution in [0, 0.1) is 6.92 Å². The molecule has 5 nitrogen and oxygen atoms in total. The Bertz CT molecular complexity index is 981. The molecule has 20 heavy (non-hydrogen) atoms. The highest BCUT2D eigenvalue weighted by atomic mass is 32.1. The minimum absolute atomic E-state index is 0.115. The lowest BCUT2D eigenvalue weighted by Crippen LogP contribution is -2.07. The van der Waals surface area contributed by atoms with E-state index in [0.29, 0.717) is 10.5 Å². The topological polar surface area (TPSA) is 74.4 Å². The fraction of sp³-hybridized carbons (Fsp3) is 0.0714. The summed E-state index contributed by atoms with van der Waals surface area (Å²) in [6.45, 7) is 1.94. The third-order valence-corrected chi connectivity index (χ3v) is 4.35. The number of aromatic nitrogens is 4. The molecule has 0 amide bonds. The molecule has 3 aromatic heterocycles. The molecule has 0 atom stereocenters. The van der Waals surface area contributed by atoms with E-state index in [1.54, 1.807) is 0 Å². The summed E-state index contributed by atoms with van der Waals surface area (Å²) in [5.41, 5.74) is 2.44. The van der Waals surface area contributed by atoms with Crippen LogP contribution in [-0.4, -0.2) is 20.2 Å². The number of hydrogen-bond donors (Lipinski definition) is 2. The number of H-pyrrole nitrogens is 2. The van der Waals surface area contributed by atoms with Crippen molar-refractivity contribution in [3.8, 4) is 11.4 Å². The van der Waals surface area contributed by atoms with Crippen LogP contribution in [0.25, 0.3) is 31.8 Å². The maximum absolute atomic E-state index is 12.2. The maximum atomic E-state index is 12.2. The van der Waals surface area contributed by atoms with Crippen molar-refractivity contribution in [2.45, 2.75) is 6.92 Å². The van der Waals surface area contributed by atoms with Gasteiger partial charge < -0.3 is 4.98 Å². The van der Waals surface area contributed by atoms with Crippen molar-refractivity contribution >= 4 is 31.8 Å². The first-order valence-corrected chi connectivity index (χ1v) is 6.98. The lowest BCUT2D eigenvalue weighted by atomic mass is 10.2. The molecule has 0 spiro atoms. The number of benzene rings is 1. The molecule has 0 fully saturated rings. The molecule has 3 heterocycles. The molecule has 0 unspecified atom stereocenters. The van der Waals surface area contributed by atoms with E-state index < -0.39 is 0 Å². The van der Waals surface area contributed by atoms with Gasteiger partial charge in [0.25, 0.3) is 5.56 Å². The third kappa shape index (κ3) is 1.51. The Kier molecular flexibility index (Phi) is 2.28. The van der Waals surface area contributed by atoms with Crippen LogP contribution in [0.4, 0.5) is 0 Å². The fourth-order valence-electron chi connectivity index (χ4n) is 2.32. The summed E-state index contributed by atoms with van der Waals surface area (Å²) in [6.07, 6.45) is 0. The molecule has 4 aromatic rings.